The Hall–Kier alpha value is -2.67. The minimum atomic E-state index is -4.84. The van der Waals surface area contributed by atoms with Gasteiger partial charge in [0.05, 0.1) is 21.7 Å². The molecule has 0 N–H and O–H groups in total. The molecule has 4 rings (SSSR count). The Balaban J connectivity index is 1.91. The standard InChI is InChI=1S/C34H46ClF3N4OSi/c1-22(2)44(23(3)4,24(5)6)18-15-32-39-28-13-11-25(41-17-16-40(10)31(21-41)33(7,8)9)20-29(28)42(32)26-12-14-30(27(35)19-26)43-34(36,37)38/h11-14,19-20,22-24,31H,16-17,21H2,1-10H3. The molecule has 1 fully saturated rings. The lowest BCUT2D eigenvalue weighted by molar-refractivity contribution is -0.274. The van der Waals surface area contributed by atoms with Crippen LogP contribution in [0.3, 0.4) is 0 Å². The normalized spacial score (nSPS) is 17.1. The van der Waals surface area contributed by atoms with Crippen molar-refractivity contribution in [1.29, 1.82) is 0 Å². The third-order valence-corrected chi connectivity index (χ3v) is 15.9. The van der Waals surface area contributed by atoms with Crippen molar-refractivity contribution in [3.8, 4) is 22.9 Å². The van der Waals surface area contributed by atoms with E-state index in [2.05, 4.69) is 107 Å². The monoisotopic (exact) mass is 646 g/mol. The molecular weight excluding hydrogens is 601 g/mol. The van der Waals surface area contributed by atoms with E-state index in [1.54, 1.807) is 6.07 Å². The molecule has 0 spiro atoms. The second kappa shape index (κ2) is 12.6. The van der Waals surface area contributed by atoms with Gasteiger partial charge in [0, 0.05) is 31.4 Å². The number of rotatable bonds is 6. The first-order valence-electron chi connectivity index (χ1n) is 15.4. The Morgan fingerprint density at radius 2 is 1.55 bits per heavy atom. The number of likely N-dealkylation sites (N-methyl/N-ethyl adjacent to an activating group) is 1. The van der Waals surface area contributed by atoms with Gasteiger partial charge in [-0.15, -0.1) is 18.7 Å². The molecule has 2 heterocycles. The smallest absolute Gasteiger partial charge is 0.404 e. The number of hydrogen-bond donors (Lipinski definition) is 0. The number of halogens is 4. The number of benzene rings is 2. The molecule has 0 bridgehead atoms. The molecular formula is C34H46ClF3N4OSi. The molecule has 0 amide bonds. The summed E-state index contributed by atoms with van der Waals surface area (Å²) in [6, 6.07) is 10.9. The molecule has 3 aromatic rings. The highest BCUT2D eigenvalue weighted by Gasteiger charge is 2.42. The van der Waals surface area contributed by atoms with Gasteiger partial charge in [-0.05, 0) is 71.4 Å². The zero-order chi connectivity index (χ0) is 32.8. The van der Waals surface area contributed by atoms with Crippen molar-refractivity contribution in [2.24, 2.45) is 5.41 Å². The van der Waals surface area contributed by atoms with E-state index in [0.29, 0.717) is 34.2 Å². The van der Waals surface area contributed by atoms with Crippen LogP contribution in [0.25, 0.3) is 16.7 Å². The van der Waals surface area contributed by atoms with Gasteiger partial charge in [0.15, 0.2) is 5.82 Å². The lowest BCUT2D eigenvalue weighted by Crippen LogP contribution is -2.56. The first kappa shape index (κ1) is 34.2. The fraction of sp³-hybridized carbons (Fsp3) is 0.559. The highest BCUT2D eigenvalue weighted by atomic mass is 35.5. The van der Waals surface area contributed by atoms with E-state index in [1.807, 2.05) is 10.6 Å². The van der Waals surface area contributed by atoms with Crippen LogP contribution in [0.2, 0.25) is 21.6 Å². The van der Waals surface area contributed by atoms with Crippen molar-refractivity contribution in [1.82, 2.24) is 14.5 Å². The quantitative estimate of drug-likeness (QED) is 0.197. The minimum absolute atomic E-state index is 0.110. The van der Waals surface area contributed by atoms with Gasteiger partial charge in [0.25, 0.3) is 0 Å². The Morgan fingerprint density at radius 1 is 0.932 bits per heavy atom. The Labute approximate surface area is 266 Å². The van der Waals surface area contributed by atoms with E-state index in [1.165, 1.54) is 12.1 Å². The van der Waals surface area contributed by atoms with Gasteiger partial charge in [-0.1, -0.05) is 73.9 Å². The third-order valence-electron chi connectivity index (χ3n) is 9.31. The fourth-order valence-electron chi connectivity index (χ4n) is 7.08. The number of alkyl halides is 3. The number of aromatic nitrogens is 2. The summed E-state index contributed by atoms with van der Waals surface area (Å²) in [5.41, 5.74) is 8.40. The number of nitrogens with zero attached hydrogens (tertiary/aromatic N) is 4. The zero-order valence-corrected chi connectivity index (χ0v) is 29.4. The van der Waals surface area contributed by atoms with Crippen LogP contribution in [-0.4, -0.2) is 61.6 Å². The van der Waals surface area contributed by atoms with E-state index < -0.39 is 20.2 Å². The van der Waals surface area contributed by atoms with Crippen molar-refractivity contribution in [2.75, 3.05) is 31.6 Å². The number of fused-ring (bicyclic) bond motifs is 1. The van der Waals surface area contributed by atoms with Crippen LogP contribution in [0.4, 0.5) is 18.9 Å². The highest BCUT2D eigenvalue weighted by Crippen LogP contribution is 2.41. The van der Waals surface area contributed by atoms with E-state index in [9.17, 15) is 13.2 Å². The Bertz CT molecular complexity index is 1530. The molecule has 1 saturated heterocycles. The summed E-state index contributed by atoms with van der Waals surface area (Å²) < 4.78 is 45.1. The maximum Gasteiger partial charge on any atom is 0.573 e. The van der Waals surface area contributed by atoms with E-state index in [4.69, 9.17) is 16.6 Å². The predicted molar refractivity (Wildman–Crippen MR) is 179 cm³/mol. The molecule has 10 heteroatoms. The van der Waals surface area contributed by atoms with Crippen LogP contribution in [0.1, 0.15) is 68.1 Å². The SMILES string of the molecule is CC(C)[Si](C#Cc1nc2ccc(N3CCN(C)C(C(C)(C)C)C3)cc2n1-c1ccc(OC(F)(F)F)c(Cl)c1)(C(C)C)C(C)C. The zero-order valence-electron chi connectivity index (χ0n) is 27.6. The number of piperazine rings is 1. The van der Waals surface area contributed by atoms with E-state index in [0.717, 1.165) is 36.4 Å². The summed E-state index contributed by atoms with van der Waals surface area (Å²) in [6.07, 6.45) is -4.84. The van der Waals surface area contributed by atoms with Gasteiger partial charge in [0.2, 0.25) is 0 Å². The van der Waals surface area contributed by atoms with Crippen LogP contribution >= 0.6 is 11.6 Å². The van der Waals surface area contributed by atoms with E-state index in [-0.39, 0.29) is 10.4 Å². The van der Waals surface area contributed by atoms with Crippen molar-refractivity contribution < 1.29 is 17.9 Å². The summed E-state index contributed by atoms with van der Waals surface area (Å²) in [5, 5.41) is -0.140. The van der Waals surface area contributed by atoms with Crippen molar-refractivity contribution >= 4 is 36.4 Å². The molecule has 1 atom stereocenters. The number of ether oxygens (including phenoxy) is 1. The first-order chi connectivity index (χ1) is 20.3. The predicted octanol–water partition coefficient (Wildman–Crippen LogP) is 9.31. The Kier molecular flexibility index (Phi) is 9.80. The molecule has 0 saturated carbocycles. The largest absolute Gasteiger partial charge is 0.573 e. The molecule has 1 aromatic heterocycles. The first-order valence-corrected chi connectivity index (χ1v) is 18.0. The van der Waals surface area contributed by atoms with Crippen molar-refractivity contribution in [2.45, 2.75) is 91.3 Å². The topological polar surface area (TPSA) is 33.5 Å². The maximum absolute atomic E-state index is 13.0. The van der Waals surface area contributed by atoms with Gasteiger partial charge >= 0.3 is 6.36 Å². The molecule has 2 aromatic carbocycles. The van der Waals surface area contributed by atoms with Crippen LogP contribution in [0.15, 0.2) is 36.4 Å². The van der Waals surface area contributed by atoms with Gasteiger partial charge in [-0.3, -0.25) is 9.47 Å². The summed E-state index contributed by atoms with van der Waals surface area (Å²) in [6.45, 7) is 23.1. The van der Waals surface area contributed by atoms with Crippen LogP contribution in [0.5, 0.6) is 5.75 Å². The molecule has 1 aliphatic heterocycles. The number of imidazole rings is 1. The molecule has 0 aliphatic carbocycles. The molecule has 1 unspecified atom stereocenters. The van der Waals surface area contributed by atoms with E-state index >= 15 is 0 Å². The number of anilines is 1. The highest BCUT2D eigenvalue weighted by molar-refractivity contribution is 6.90. The molecule has 240 valence electrons. The number of hydrogen-bond acceptors (Lipinski definition) is 4. The molecule has 0 radical (unpaired) electrons. The van der Waals surface area contributed by atoms with Crippen LogP contribution in [-0.2, 0) is 0 Å². The second-order valence-electron chi connectivity index (χ2n) is 14.1. The van der Waals surface area contributed by atoms with Crippen molar-refractivity contribution in [3.63, 3.8) is 0 Å². The van der Waals surface area contributed by atoms with Gasteiger partial charge in [0.1, 0.15) is 13.8 Å². The third kappa shape index (κ3) is 6.93. The summed E-state index contributed by atoms with van der Waals surface area (Å²) in [7, 11) is 0.0836. The van der Waals surface area contributed by atoms with Gasteiger partial charge in [-0.2, -0.15) is 0 Å². The second-order valence-corrected chi connectivity index (χ2v) is 20.0. The fourth-order valence-corrected chi connectivity index (χ4v) is 12.5. The van der Waals surface area contributed by atoms with Gasteiger partial charge in [-0.25, -0.2) is 4.98 Å². The summed E-state index contributed by atoms with van der Waals surface area (Å²) >= 11 is 6.35. The lowest BCUT2D eigenvalue weighted by Gasteiger charge is -2.46. The summed E-state index contributed by atoms with van der Waals surface area (Å²) in [5.74, 6) is 3.58. The molecule has 44 heavy (non-hydrogen) atoms. The minimum Gasteiger partial charge on any atom is -0.404 e. The average Bonchev–Trinajstić information content (AvgIpc) is 3.26. The van der Waals surface area contributed by atoms with Gasteiger partial charge < -0.3 is 9.64 Å². The summed E-state index contributed by atoms with van der Waals surface area (Å²) in [4.78, 5) is 9.79. The van der Waals surface area contributed by atoms with Crippen molar-refractivity contribution in [3.05, 3.63) is 47.2 Å². The Morgan fingerprint density at radius 3 is 2.09 bits per heavy atom. The molecule has 5 nitrogen and oxygen atoms in total. The average molecular weight is 647 g/mol. The lowest BCUT2D eigenvalue weighted by atomic mass is 9.84. The maximum atomic E-state index is 13.0. The molecule has 1 aliphatic rings. The van der Waals surface area contributed by atoms with Crippen LogP contribution in [0, 0.1) is 16.9 Å². The van der Waals surface area contributed by atoms with Crippen LogP contribution < -0.4 is 9.64 Å².